The van der Waals surface area contributed by atoms with E-state index < -0.39 is 21.7 Å². The fourth-order valence-electron chi connectivity index (χ4n) is 4.56. The standard InChI is InChI=1S/C25H28F2N6O3S/c26-18-1-3-19(4-2-18)29-24-23(27)13-28-25(31-24)30-20-5-7-22(8-6-20)37(35,36)33-11-9-17(10-12-33)14-32-15-21(34)16-32/h1-8,13,17,21,34H,9-12,14-16H2,(H2,28,29,30,31). The molecule has 3 aromatic rings. The molecule has 0 amide bonds. The lowest BCUT2D eigenvalue weighted by molar-refractivity contribution is -0.0103. The summed E-state index contributed by atoms with van der Waals surface area (Å²) >= 11 is 0. The van der Waals surface area contributed by atoms with Crippen molar-refractivity contribution >= 4 is 33.2 Å². The van der Waals surface area contributed by atoms with Crippen molar-refractivity contribution in [1.29, 1.82) is 0 Å². The molecular formula is C25H28F2N6O3S. The summed E-state index contributed by atoms with van der Waals surface area (Å²) in [5.74, 6) is -0.628. The van der Waals surface area contributed by atoms with Crippen molar-refractivity contribution < 1.29 is 22.3 Å². The second kappa shape index (κ2) is 10.7. The molecule has 0 bridgehead atoms. The molecule has 12 heteroatoms. The number of aromatic nitrogens is 2. The van der Waals surface area contributed by atoms with E-state index in [2.05, 4.69) is 25.5 Å². The number of rotatable bonds is 8. The Morgan fingerprint density at radius 1 is 0.946 bits per heavy atom. The number of benzene rings is 2. The van der Waals surface area contributed by atoms with Gasteiger partial charge >= 0.3 is 0 Å². The van der Waals surface area contributed by atoms with Crippen LogP contribution in [0.5, 0.6) is 0 Å². The summed E-state index contributed by atoms with van der Waals surface area (Å²) in [6.45, 7) is 3.24. The Morgan fingerprint density at radius 3 is 2.22 bits per heavy atom. The first-order chi connectivity index (χ1) is 17.8. The van der Waals surface area contributed by atoms with E-state index in [1.54, 1.807) is 12.1 Å². The molecule has 2 aliphatic heterocycles. The average Bonchev–Trinajstić information content (AvgIpc) is 2.87. The van der Waals surface area contributed by atoms with Crippen molar-refractivity contribution in [2.75, 3.05) is 43.4 Å². The number of anilines is 4. The number of β-amino-alcohol motifs (C(OH)–C–C–N with tert-alkyl or cyclic N) is 1. The van der Waals surface area contributed by atoms with Gasteiger partial charge in [-0.15, -0.1) is 0 Å². The number of hydrogen-bond acceptors (Lipinski definition) is 8. The van der Waals surface area contributed by atoms with E-state index in [4.69, 9.17) is 0 Å². The molecule has 0 atom stereocenters. The van der Waals surface area contributed by atoms with E-state index in [-0.39, 0.29) is 22.8 Å². The highest BCUT2D eigenvalue weighted by Crippen LogP contribution is 2.27. The number of piperidine rings is 1. The average molecular weight is 531 g/mol. The van der Waals surface area contributed by atoms with E-state index >= 15 is 0 Å². The third-order valence-corrected chi connectivity index (χ3v) is 8.54. The molecule has 196 valence electrons. The largest absolute Gasteiger partial charge is 0.390 e. The molecule has 1 aromatic heterocycles. The molecule has 0 spiro atoms. The van der Waals surface area contributed by atoms with Crippen molar-refractivity contribution in [3.63, 3.8) is 0 Å². The molecule has 2 saturated heterocycles. The van der Waals surface area contributed by atoms with Crippen molar-refractivity contribution in [3.05, 3.63) is 66.4 Å². The van der Waals surface area contributed by atoms with Crippen LogP contribution in [-0.4, -0.2) is 71.5 Å². The van der Waals surface area contributed by atoms with Crippen molar-refractivity contribution in [1.82, 2.24) is 19.2 Å². The maximum absolute atomic E-state index is 14.2. The third kappa shape index (κ3) is 6.04. The Morgan fingerprint density at radius 2 is 1.57 bits per heavy atom. The Labute approximate surface area is 214 Å². The van der Waals surface area contributed by atoms with E-state index in [0.29, 0.717) is 43.5 Å². The Bertz CT molecular complexity index is 1330. The monoisotopic (exact) mass is 530 g/mol. The van der Waals surface area contributed by atoms with Crippen LogP contribution in [0, 0.1) is 17.6 Å². The number of nitrogens with one attached hydrogen (secondary N) is 2. The second-order valence-corrected chi connectivity index (χ2v) is 11.3. The quantitative estimate of drug-likeness (QED) is 0.407. The lowest BCUT2D eigenvalue weighted by atomic mass is 9.96. The van der Waals surface area contributed by atoms with Crippen LogP contribution in [0.1, 0.15) is 12.8 Å². The lowest BCUT2D eigenvalue weighted by Crippen LogP contribution is -2.53. The molecule has 3 heterocycles. The summed E-state index contributed by atoms with van der Waals surface area (Å²) in [7, 11) is -3.62. The zero-order valence-corrected chi connectivity index (χ0v) is 20.8. The summed E-state index contributed by atoms with van der Waals surface area (Å²) in [5, 5.41) is 15.2. The molecule has 0 saturated carbocycles. The Hall–Kier alpha value is -3.19. The summed E-state index contributed by atoms with van der Waals surface area (Å²) in [4.78, 5) is 10.5. The van der Waals surface area contributed by atoms with Crippen LogP contribution >= 0.6 is 0 Å². The van der Waals surface area contributed by atoms with Gasteiger partial charge in [0.15, 0.2) is 11.6 Å². The van der Waals surface area contributed by atoms with Gasteiger partial charge in [0.2, 0.25) is 16.0 Å². The second-order valence-electron chi connectivity index (χ2n) is 9.39. The third-order valence-electron chi connectivity index (χ3n) is 6.63. The molecule has 2 fully saturated rings. The normalized spacial score (nSPS) is 17.9. The smallest absolute Gasteiger partial charge is 0.243 e. The van der Waals surface area contributed by atoms with Gasteiger partial charge in [-0.25, -0.2) is 22.2 Å². The van der Waals surface area contributed by atoms with Crippen LogP contribution in [0.3, 0.4) is 0 Å². The highest BCUT2D eigenvalue weighted by Gasteiger charge is 2.32. The predicted molar refractivity (Wildman–Crippen MR) is 135 cm³/mol. The molecule has 5 rings (SSSR count). The van der Waals surface area contributed by atoms with Crippen molar-refractivity contribution in [2.45, 2.75) is 23.8 Å². The predicted octanol–water partition coefficient (Wildman–Crippen LogP) is 3.32. The van der Waals surface area contributed by atoms with Gasteiger partial charge in [0.25, 0.3) is 0 Å². The van der Waals surface area contributed by atoms with Crippen molar-refractivity contribution in [3.8, 4) is 0 Å². The van der Waals surface area contributed by atoms with E-state index in [9.17, 15) is 22.3 Å². The molecule has 37 heavy (non-hydrogen) atoms. The number of hydrogen-bond donors (Lipinski definition) is 3. The van der Waals surface area contributed by atoms with Crippen LogP contribution in [-0.2, 0) is 10.0 Å². The molecule has 0 unspecified atom stereocenters. The lowest BCUT2D eigenvalue weighted by Gasteiger charge is -2.40. The maximum Gasteiger partial charge on any atom is 0.243 e. The SMILES string of the molecule is O=S(=O)(c1ccc(Nc2ncc(F)c(Nc3ccc(F)cc3)n2)cc1)N1CCC(CN2CC(O)C2)CC1. The van der Waals surface area contributed by atoms with Crippen LogP contribution in [0.4, 0.5) is 31.9 Å². The fourth-order valence-corrected chi connectivity index (χ4v) is 6.03. The van der Waals surface area contributed by atoms with Gasteiger partial charge in [-0.2, -0.15) is 9.29 Å². The van der Waals surface area contributed by atoms with Crippen LogP contribution in [0.15, 0.2) is 59.6 Å². The molecule has 2 aromatic carbocycles. The first kappa shape index (κ1) is 25.5. The summed E-state index contributed by atoms with van der Waals surface area (Å²) < 4.78 is 55.1. The van der Waals surface area contributed by atoms with Gasteiger partial charge < -0.3 is 15.7 Å². The summed E-state index contributed by atoms with van der Waals surface area (Å²) in [5.41, 5.74) is 0.997. The van der Waals surface area contributed by atoms with Crippen LogP contribution in [0.25, 0.3) is 0 Å². The number of sulfonamides is 1. The van der Waals surface area contributed by atoms with Gasteiger partial charge in [0.05, 0.1) is 17.2 Å². The molecule has 2 aliphatic rings. The molecule has 3 N–H and O–H groups in total. The molecule has 0 radical (unpaired) electrons. The first-order valence-corrected chi connectivity index (χ1v) is 13.5. The zero-order valence-electron chi connectivity index (χ0n) is 20.0. The number of aliphatic hydroxyl groups is 1. The Kier molecular flexibility index (Phi) is 7.33. The Balaban J connectivity index is 1.20. The van der Waals surface area contributed by atoms with Crippen molar-refractivity contribution in [2.24, 2.45) is 5.92 Å². The number of likely N-dealkylation sites (tertiary alicyclic amines) is 1. The minimum atomic E-state index is -3.62. The van der Waals surface area contributed by atoms with E-state index in [1.165, 1.54) is 40.7 Å². The fraction of sp³-hybridized carbons (Fsp3) is 0.360. The topological polar surface area (TPSA) is 111 Å². The molecule has 0 aliphatic carbocycles. The number of nitrogens with zero attached hydrogens (tertiary/aromatic N) is 4. The summed E-state index contributed by atoms with van der Waals surface area (Å²) in [6.07, 6.45) is 2.37. The van der Waals surface area contributed by atoms with Gasteiger partial charge in [0, 0.05) is 44.1 Å². The highest BCUT2D eigenvalue weighted by atomic mass is 32.2. The van der Waals surface area contributed by atoms with Crippen LogP contribution < -0.4 is 10.6 Å². The first-order valence-electron chi connectivity index (χ1n) is 12.1. The van der Waals surface area contributed by atoms with Gasteiger partial charge in [0.1, 0.15) is 5.82 Å². The summed E-state index contributed by atoms with van der Waals surface area (Å²) in [6, 6.07) is 11.7. The molecular weight excluding hydrogens is 502 g/mol. The zero-order chi connectivity index (χ0) is 26.0. The maximum atomic E-state index is 14.2. The van der Waals surface area contributed by atoms with E-state index in [0.717, 1.165) is 25.6 Å². The number of aliphatic hydroxyl groups excluding tert-OH is 1. The number of halogens is 2. The molecule has 9 nitrogen and oxygen atoms in total. The minimum Gasteiger partial charge on any atom is -0.390 e. The van der Waals surface area contributed by atoms with Crippen LogP contribution in [0.2, 0.25) is 0 Å². The van der Waals surface area contributed by atoms with Gasteiger partial charge in [-0.3, -0.25) is 4.90 Å². The van der Waals surface area contributed by atoms with E-state index in [1.807, 2.05) is 0 Å². The van der Waals surface area contributed by atoms with Gasteiger partial charge in [-0.1, -0.05) is 0 Å². The van der Waals surface area contributed by atoms with Gasteiger partial charge in [-0.05, 0) is 67.3 Å². The minimum absolute atomic E-state index is 0.0861. The highest BCUT2D eigenvalue weighted by molar-refractivity contribution is 7.89.